The summed E-state index contributed by atoms with van der Waals surface area (Å²) in [5.74, 6) is -0.358. The summed E-state index contributed by atoms with van der Waals surface area (Å²) >= 11 is 0. The minimum atomic E-state index is -4.30. The average molecular weight is 563 g/mol. The van der Waals surface area contributed by atoms with E-state index in [0.29, 0.717) is 0 Å². The highest BCUT2D eigenvalue weighted by atomic mass is 31.2. The molecule has 1 saturated heterocycles. The van der Waals surface area contributed by atoms with Crippen LogP contribution in [-0.4, -0.2) is 72.3 Å². The number of fused-ring (bicyclic) bond motifs is 1. The number of anilines is 1. The zero-order valence-corrected chi connectivity index (χ0v) is 22.5. The lowest BCUT2D eigenvalue weighted by molar-refractivity contribution is -0.149. The molecule has 0 saturated carbocycles. The molecule has 4 rings (SSSR count). The van der Waals surface area contributed by atoms with Crippen LogP contribution in [0.1, 0.15) is 27.0 Å². The predicted molar refractivity (Wildman–Crippen MR) is 139 cm³/mol. The van der Waals surface area contributed by atoms with Gasteiger partial charge in [-0.2, -0.15) is 5.09 Å². The van der Waals surface area contributed by atoms with Gasteiger partial charge in [0.15, 0.2) is 17.7 Å². The number of aromatic nitrogens is 4. The minimum Gasteiger partial charge on any atom is -0.462 e. The lowest BCUT2D eigenvalue weighted by atomic mass is 9.96. The van der Waals surface area contributed by atoms with Gasteiger partial charge in [-0.1, -0.05) is 24.3 Å². The van der Waals surface area contributed by atoms with Crippen LogP contribution in [0.15, 0.2) is 55.6 Å². The molecule has 15 heteroatoms. The Morgan fingerprint density at radius 3 is 2.67 bits per heavy atom. The van der Waals surface area contributed by atoms with Crippen LogP contribution in [0, 0.1) is 0 Å². The summed E-state index contributed by atoms with van der Waals surface area (Å²) in [7, 11) is -4.30. The van der Waals surface area contributed by atoms with E-state index in [4.69, 9.17) is 24.3 Å². The van der Waals surface area contributed by atoms with Gasteiger partial charge in [0, 0.05) is 0 Å². The number of imidazole rings is 1. The molecule has 0 spiro atoms. The fourth-order valence-electron chi connectivity index (χ4n) is 3.95. The number of nitrogens with two attached hydrogens (primary N) is 1. The van der Waals surface area contributed by atoms with Gasteiger partial charge in [-0.15, -0.1) is 6.58 Å². The van der Waals surface area contributed by atoms with Crippen molar-refractivity contribution >= 4 is 30.7 Å². The predicted octanol–water partition coefficient (Wildman–Crippen LogP) is 1.72. The number of benzene rings is 1. The van der Waals surface area contributed by atoms with Gasteiger partial charge in [0.25, 0.3) is 0 Å². The number of carbonyl (C=O) groups is 1. The first-order chi connectivity index (χ1) is 18.5. The molecule has 6 atom stereocenters. The third kappa shape index (κ3) is 5.96. The molecule has 1 aromatic carbocycles. The van der Waals surface area contributed by atoms with Crippen molar-refractivity contribution in [1.29, 1.82) is 0 Å². The molecule has 14 nitrogen and oxygen atoms in total. The Kier molecular flexibility index (Phi) is 8.35. The maximum Gasteiger partial charge on any atom is 0.459 e. The van der Waals surface area contributed by atoms with Gasteiger partial charge in [0.2, 0.25) is 0 Å². The zero-order valence-electron chi connectivity index (χ0n) is 21.6. The van der Waals surface area contributed by atoms with E-state index in [-0.39, 0.29) is 22.7 Å². The Morgan fingerprint density at radius 2 is 2.00 bits per heavy atom. The van der Waals surface area contributed by atoms with Crippen molar-refractivity contribution in [3.8, 4) is 5.75 Å². The normalized spacial score (nSPS) is 25.3. The molecule has 0 unspecified atom stereocenters. The van der Waals surface area contributed by atoms with E-state index < -0.39 is 56.5 Å². The SMILES string of the molecule is C=C[C@]1(CO[P@@](=O)(N[C@@H](C)C(=O)OC(C)C)Oc2ccccc2)O[C@@H](n2cnc3c(N)ncnc32)[C@H](O)[C@@H]1O. The molecular weight excluding hydrogens is 531 g/mol. The Balaban J connectivity index is 1.59. The van der Waals surface area contributed by atoms with E-state index in [0.717, 1.165) is 0 Å². The second-order valence-corrected chi connectivity index (χ2v) is 10.9. The summed E-state index contributed by atoms with van der Waals surface area (Å²) in [6.45, 7) is 7.94. The summed E-state index contributed by atoms with van der Waals surface area (Å²) in [5.41, 5.74) is 4.64. The highest BCUT2D eigenvalue weighted by Gasteiger charge is 2.55. The van der Waals surface area contributed by atoms with Gasteiger partial charge in [0.1, 0.15) is 41.4 Å². The Bertz CT molecular complexity index is 1370. The smallest absolute Gasteiger partial charge is 0.459 e. The zero-order chi connectivity index (χ0) is 28.4. The van der Waals surface area contributed by atoms with Crippen molar-refractivity contribution in [2.75, 3.05) is 12.3 Å². The highest BCUT2D eigenvalue weighted by molar-refractivity contribution is 7.52. The number of nitrogen functional groups attached to an aromatic ring is 1. The van der Waals surface area contributed by atoms with Crippen molar-refractivity contribution in [1.82, 2.24) is 24.6 Å². The minimum absolute atomic E-state index is 0.125. The number of nitrogens with one attached hydrogen (secondary N) is 1. The van der Waals surface area contributed by atoms with Gasteiger partial charge in [-0.05, 0) is 32.9 Å². The largest absolute Gasteiger partial charge is 0.462 e. The summed E-state index contributed by atoms with van der Waals surface area (Å²) < 4.78 is 37.8. The van der Waals surface area contributed by atoms with E-state index in [2.05, 4.69) is 26.6 Å². The standard InChI is InChI=1S/C24H31N6O8P/c1-5-24(19(32)18(31)22(37-24)30-13-28-17-20(25)26-12-27-21(17)30)11-35-39(34,38-16-9-7-6-8-10-16)29-15(4)23(33)36-14(2)3/h5-10,12-15,18-19,22,31-32H,1,11H2,2-4H3,(H,29,34)(H2,25,26,27)/t15-,18+,19-,22+,24+,39-/m0/s1. The summed E-state index contributed by atoms with van der Waals surface area (Å²) in [5, 5.41) is 24.5. The molecule has 210 valence electrons. The first kappa shape index (κ1) is 28.6. The monoisotopic (exact) mass is 562 g/mol. The van der Waals surface area contributed by atoms with Crippen molar-refractivity contribution in [2.45, 2.75) is 57.0 Å². The van der Waals surface area contributed by atoms with E-state index in [1.54, 1.807) is 44.2 Å². The fraction of sp³-hybridized carbons (Fsp3) is 0.417. The second kappa shape index (κ2) is 11.4. The lowest BCUT2D eigenvalue weighted by Crippen LogP contribution is -2.46. The van der Waals surface area contributed by atoms with Crippen LogP contribution in [0.25, 0.3) is 11.2 Å². The highest BCUT2D eigenvalue weighted by Crippen LogP contribution is 2.48. The van der Waals surface area contributed by atoms with Crippen LogP contribution < -0.4 is 15.3 Å². The quantitative estimate of drug-likeness (QED) is 0.150. The second-order valence-electron chi connectivity index (χ2n) is 9.20. The summed E-state index contributed by atoms with van der Waals surface area (Å²) in [6, 6.07) is 7.09. The Labute approximate surface area is 224 Å². The van der Waals surface area contributed by atoms with Crippen LogP contribution in [0.4, 0.5) is 5.82 Å². The molecule has 3 heterocycles. The number of esters is 1. The topological polar surface area (TPSA) is 193 Å². The Hall–Kier alpha value is -3.39. The van der Waals surface area contributed by atoms with Crippen molar-refractivity contribution < 1.29 is 38.1 Å². The number of carbonyl (C=O) groups excluding carboxylic acids is 1. The molecule has 1 aliphatic rings. The number of rotatable bonds is 11. The van der Waals surface area contributed by atoms with Crippen LogP contribution in [-0.2, 0) is 23.4 Å². The molecule has 5 N–H and O–H groups in total. The molecule has 1 aliphatic heterocycles. The van der Waals surface area contributed by atoms with Crippen LogP contribution in [0.5, 0.6) is 5.75 Å². The molecule has 0 amide bonds. The van der Waals surface area contributed by atoms with E-state index in [1.165, 1.54) is 30.2 Å². The first-order valence-electron chi connectivity index (χ1n) is 12.1. The fourth-order valence-corrected chi connectivity index (χ4v) is 5.48. The third-order valence-corrected chi connectivity index (χ3v) is 7.57. The number of hydrogen-bond acceptors (Lipinski definition) is 12. The number of aliphatic hydroxyl groups is 2. The van der Waals surface area contributed by atoms with E-state index in [9.17, 15) is 19.6 Å². The molecule has 1 fully saturated rings. The number of hydrogen-bond donors (Lipinski definition) is 4. The Morgan fingerprint density at radius 1 is 1.28 bits per heavy atom. The van der Waals surface area contributed by atoms with Gasteiger partial charge in [-0.3, -0.25) is 13.9 Å². The van der Waals surface area contributed by atoms with Crippen LogP contribution in [0.3, 0.4) is 0 Å². The van der Waals surface area contributed by atoms with Crippen molar-refractivity contribution in [3.63, 3.8) is 0 Å². The number of para-hydroxylation sites is 1. The molecule has 39 heavy (non-hydrogen) atoms. The first-order valence-corrected chi connectivity index (χ1v) is 13.6. The van der Waals surface area contributed by atoms with Gasteiger partial charge >= 0.3 is 13.7 Å². The maximum atomic E-state index is 13.9. The van der Waals surface area contributed by atoms with Crippen molar-refractivity contribution in [2.24, 2.45) is 0 Å². The number of ether oxygens (including phenoxy) is 2. The number of aliphatic hydroxyl groups excluding tert-OH is 2. The van der Waals surface area contributed by atoms with Gasteiger partial charge < -0.3 is 29.9 Å². The molecule has 0 radical (unpaired) electrons. The van der Waals surface area contributed by atoms with Crippen molar-refractivity contribution in [3.05, 3.63) is 55.6 Å². The summed E-state index contributed by atoms with van der Waals surface area (Å²) in [6.07, 6.45) is -0.876. The van der Waals surface area contributed by atoms with Crippen LogP contribution >= 0.6 is 7.75 Å². The molecule has 0 bridgehead atoms. The lowest BCUT2D eigenvalue weighted by Gasteiger charge is -2.31. The maximum absolute atomic E-state index is 13.9. The molecule has 2 aromatic heterocycles. The van der Waals surface area contributed by atoms with Gasteiger partial charge in [0.05, 0.1) is 19.0 Å². The van der Waals surface area contributed by atoms with Gasteiger partial charge in [-0.25, -0.2) is 19.5 Å². The summed E-state index contributed by atoms with van der Waals surface area (Å²) in [4.78, 5) is 24.6. The van der Waals surface area contributed by atoms with E-state index >= 15 is 0 Å². The van der Waals surface area contributed by atoms with Crippen LogP contribution in [0.2, 0.25) is 0 Å². The van der Waals surface area contributed by atoms with E-state index in [1.807, 2.05) is 0 Å². The third-order valence-electron chi connectivity index (χ3n) is 5.95. The number of nitrogens with zero attached hydrogens (tertiary/aromatic N) is 4. The average Bonchev–Trinajstić information content (AvgIpc) is 3.43. The molecule has 0 aliphatic carbocycles. The molecular formula is C24H31N6O8P. The molecule has 3 aromatic rings.